The summed E-state index contributed by atoms with van der Waals surface area (Å²) in [6, 6.07) is 37.2. The summed E-state index contributed by atoms with van der Waals surface area (Å²) in [5.41, 5.74) is 8.40. The molecule has 0 spiro atoms. The second-order valence-corrected chi connectivity index (χ2v) is 7.71. The van der Waals surface area contributed by atoms with Gasteiger partial charge in [-0.15, -0.1) is 0 Å². The minimum absolute atomic E-state index is 0.932. The normalized spacial score (nSPS) is 10.8. The van der Waals surface area contributed by atoms with Crippen molar-refractivity contribution in [2.75, 3.05) is 0 Å². The maximum Gasteiger partial charge on any atom is 0.0484 e. The summed E-state index contributed by atoms with van der Waals surface area (Å²) in [6.45, 7) is 4.19. The highest BCUT2D eigenvalue weighted by molar-refractivity contribution is 6.04. The van der Waals surface area contributed by atoms with Gasteiger partial charge in [0.05, 0.1) is 0 Å². The van der Waals surface area contributed by atoms with E-state index < -0.39 is 0 Å². The van der Waals surface area contributed by atoms with Crippen LogP contribution in [0.2, 0.25) is 0 Å². The van der Waals surface area contributed by atoms with E-state index in [-0.39, 0.29) is 0 Å². The highest BCUT2D eigenvalue weighted by atomic mass is 14.1. The number of aryl methyl sites for hydroxylation is 2. The third-order valence-corrected chi connectivity index (χ3v) is 5.14. The fourth-order valence-corrected chi connectivity index (χ4v) is 3.31. The van der Waals surface area contributed by atoms with Crippen molar-refractivity contribution in [2.45, 2.75) is 13.8 Å². The zero-order chi connectivity index (χ0) is 22.2. The van der Waals surface area contributed by atoms with Crippen molar-refractivity contribution in [3.8, 4) is 23.7 Å². The summed E-state index contributed by atoms with van der Waals surface area (Å²) in [5, 5.41) is 0. The van der Waals surface area contributed by atoms with Gasteiger partial charge in [-0.1, -0.05) is 120 Å². The third-order valence-electron chi connectivity index (χ3n) is 5.14. The summed E-state index contributed by atoms with van der Waals surface area (Å²) in [6.07, 6.45) is 0. The molecule has 0 aliphatic rings. The average molecular weight is 409 g/mol. The molecule has 4 aromatic rings. The highest BCUT2D eigenvalue weighted by Crippen LogP contribution is 2.27. The van der Waals surface area contributed by atoms with Gasteiger partial charge in [0, 0.05) is 22.3 Å². The van der Waals surface area contributed by atoms with Gasteiger partial charge in [0.15, 0.2) is 0 Å². The van der Waals surface area contributed by atoms with Gasteiger partial charge in [-0.05, 0) is 49.2 Å². The van der Waals surface area contributed by atoms with Gasteiger partial charge in [0.1, 0.15) is 0 Å². The van der Waals surface area contributed by atoms with Crippen molar-refractivity contribution in [1.82, 2.24) is 0 Å². The van der Waals surface area contributed by atoms with E-state index in [4.69, 9.17) is 0 Å². The van der Waals surface area contributed by atoms with Crippen LogP contribution in [0.4, 0.5) is 0 Å². The lowest BCUT2D eigenvalue weighted by Gasteiger charge is -2.09. The molecule has 0 N–H and O–H groups in total. The van der Waals surface area contributed by atoms with E-state index in [1.165, 1.54) is 11.1 Å². The van der Waals surface area contributed by atoms with E-state index in [1.807, 2.05) is 60.7 Å². The Hall–Kier alpha value is -4.26. The van der Waals surface area contributed by atoms with Gasteiger partial charge in [-0.2, -0.15) is 0 Å². The van der Waals surface area contributed by atoms with Crippen LogP contribution in [0, 0.1) is 37.5 Å². The number of rotatable bonds is 2. The first-order valence-corrected chi connectivity index (χ1v) is 10.7. The Morgan fingerprint density at radius 1 is 0.438 bits per heavy atom. The standard InChI is InChI=1S/C32H24/c1-25-13-19-29(20-14-25)31(23-17-27-9-5-3-6-10-27)32(30-21-15-26(2)16-22-30)24-18-28-11-7-4-8-12-28/h3-16,19-22H,1-2H3/b32-31-. The Balaban J connectivity index is 1.95. The van der Waals surface area contributed by atoms with E-state index in [9.17, 15) is 0 Å². The molecule has 4 aromatic carbocycles. The maximum absolute atomic E-state index is 3.45. The van der Waals surface area contributed by atoms with Crippen molar-refractivity contribution in [2.24, 2.45) is 0 Å². The molecule has 0 aliphatic heterocycles. The van der Waals surface area contributed by atoms with Crippen LogP contribution in [0.3, 0.4) is 0 Å². The Morgan fingerprint density at radius 2 is 0.781 bits per heavy atom. The number of hydrogen-bond acceptors (Lipinski definition) is 0. The monoisotopic (exact) mass is 408 g/mol. The molecule has 0 radical (unpaired) electrons. The second kappa shape index (κ2) is 10.2. The van der Waals surface area contributed by atoms with Crippen LogP contribution >= 0.6 is 0 Å². The quantitative estimate of drug-likeness (QED) is 0.241. The molecule has 0 aliphatic carbocycles. The fraction of sp³-hybridized carbons (Fsp3) is 0.0625. The Bertz CT molecular complexity index is 1220. The molecule has 152 valence electrons. The molecule has 0 heterocycles. The van der Waals surface area contributed by atoms with Gasteiger partial charge in [0.25, 0.3) is 0 Å². The highest BCUT2D eigenvalue weighted by Gasteiger charge is 2.09. The molecule has 0 bridgehead atoms. The van der Waals surface area contributed by atoms with Crippen LogP contribution in [0.5, 0.6) is 0 Å². The van der Waals surface area contributed by atoms with Gasteiger partial charge in [-0.3, -0.25) is 0 Å². The van der Waals surface area contributed by atoms with Crippen molar-refractivity contribution in [3.63, 3.8) is 0 Å². The Morgan fingerprint density at radius 3 is 1.12 bits per heavy atom. The molecule has 0 aromatic heterocycles. The summed E-state index contributed by atoms with van der Waals surface area (Å²) in [7, 11) is 0. The molecule has 0 saturated carbocycles. The summed E-state index contributed by atoms with van der Waals surface area (Å²) in [4.78, 5) is 0. The van der Waals surface area contributed by atoms with E-state index in [0.29, 0.717) is 0 Å². The molecule has 0 heteroatoms. The predicted molar refractivity (Wildman–Crippen MR) is 136 cm³/mol. The molecule has 32 heavy (non-hydrogen) atoms. The van der Waals surface area contributed by atoms with Crippen LogP contribution in [0.25, 0.3) is 11.1 Å². The Kier molecular flexibility index (Phi) is 6.67. The average Bonchev–Trinajstić information content (AvgIpc) is 2.84. The maximum atomic E-state index is 3.45. The molecule has 0 fully saturated rings. The van der Waals surface area contributed by atoms with Gasteiger partial charge in [0.2, 0.25) is 0 Å². The number of allylic oxidation sites excluding steroid dienone is 2. The van der Waals surface area contributed by atoms with E-state index in [1.54, 1.807) is 0 Å². The first-order valence-electron chi connectivity index (χ1n) is 10.7. The lowest BCUT2D eigenvalue weighted by atomic mass is 9.93. The van der Waals surface area contributed by atoms with Crippen LogP contribution in [0.1, 0.15) is 33.4 Å². The van der Waals surface area contributed by atoms with Crippen LogP contribution in [-0.2, 0) is 0 Å². The van der Waals surface area contributed by atoms with E-state index in [0.717, 1.165) is 33.4 Å². The summed E-state index contributed by atoms with van der Waals surface area (Å²) < 4.78 is 0. The molecule has 0 saturated heterocycles. The lowest BCUT2D eigenvalue weighted by molar-refractivity contribution is 1.45. The van der Waals surface area contributed by atoms with Gasteiger partial charge >= 0.3 is 0 Å². The number of benzene rings is 4. The van der Waals surface area contributed by atoms with Crippen molar-refractivity contribution < 1.29 is 0 Å². The van der Waals surface area contributed by atoms with Gasteiger partial charge in [-0.25, -0.2) is 0 Å². The molecule has 0 amide bonds. The minimum atomic E-state index is 0.932. The number of hydrogen-bond donors (Lipinski definition) is 0. The fourth-order valence-electron chi connectivity index (χ4n) is 3.31. The zero-order valence-electron chi connectivity index (χ0n) is 18.4. The van der Waals surface area contributed by atoms with Crippen LogP contribution in [-0.4, -0.2) is 0 Å². The third kappa shape index (κ3) is 5.46. The molecular weight excluding hydrogens is 384 g/mol. The zero-order valence-corrected chi connectivity index (χ0v) is 18.4. The topological polar surface area (TPSA) is 0 Å². The van der Waals surface area contributed by atoms with Crippen molar-refractivity contribution in [1.29, 1.82) is 0 Å². The van der Waals surface area contributed by atoms with Crippen LogP contribution < -0.4 is 0 Å². The van der Waals surface area contributed by atoms with Crippen molar-refractivity contribution in [3.05, 3.63) is 143 Å². The van der Waals surface area contributed by atoms with Crippen LogP contribution in [0.15, 0.2) is 109 Å². The first kappa shape index (κ1) is 21.0. The predicted octanol–water partition coefficient (Wildman–Crippen LogP) is 7.32. The lowest BCUT2D eigenvalue weighted by Crippen LogP contribution is -1.91. The van der Waals surface area contributed by atoms with E-state index >= 15 is 0 Å². The molecule has 4 rings (SSSR count). The SMILES string of the molecule is Cc1ccc(/C(C#Cc2ccccc2)=C(/C#Cc2ccccc2)c2ccc(C)cc2)cc1. The summed E-state index contributed by atoms with van der Waals surface area (Å²) >= 11 is 0. The van der Waals surface area contributed by atoms with E-state index in [2.05, 4.69) is 86.1 Å². The smallest absolute Gasteiger partial charge is 0.0484 e. The first-order chi connectivity index (χ1) is 15.7. The van der Waals surface area contributed by atoms with Crippen molar-refractivity contribution >= 4 is 11.1 Å². The molecule has 0 atom stereocenters. The molecular formula is C32H24. The largest absolute Gasteiger partial charge is 0.0622 e. The molecule has 0 unspecified atom stereocenters. The van der Waals surface area contributed by atoms with Gasteiger partial charge < -0.3 is 0 Å². The molecule has 0 nitrogen and oxygen atoms in total. The Labute approximate surface area is 191 Å². The summed E-state index contributed by atoms with van der Waals surface area (Å²) in [5.74, 6) is 13.6. The minimum Gasteiger partial charge on any atom is -0.0622 e. The second-order valence-electron chi connectivity index (χ2n) is 7.71.